The highest BCUT2D eigenvalue weighted by Gasteiger charge is 2.27. The van der Waals surface area contributed by atoms with Crippen molar-refractivity contribution in [2.75, 3.05) is 24.6 Å². The van der Waals surface area contributed by atoms with E-state index in [0.29, 0.717) is 27.5 Å². The van der Waals surface area contributed by atoms with Crippen LogP contribution in [0.25, 0.3) is 0 Å². The van der Waals surface area contributed by atoms with Gasteiger partial charge in [-0.05, 0) is 18.2 Å². The highest BCUT2D eigenvalue weighted by molar-refractivity contribution is 9.11. The second-order valence-corrected chi connectivity index (χ2v) is 5.73. The third-order valence-corrected chi connectivity index (χ3v) is 3.16. The summed E-state index contributed by atoms with van der Waals surface area (Å²) in [6.07, 6.45) is 0. The fourth-order valence-corrected chi connectivity index (χ4v) is 2.05. The largest absolute Gasteiger partial charge is 0.482 e. The van der Waals surface area contributed by atoms with Crippen molar-refractivity contribution in [2.24, 2.45) is 0 Å². The zero-order valence-electron chi connectivity index (χ0n) is 10.5. The van der Waals surface area contributed by atoms with Gasteiger partial charge in [0.15, 0.2) is 6.61 Å². The molecule has 0 unspecified atom stereocenters. The van der Waals surface area contributed by atoms with Crippen molar-refractivity contribution >= 4 is 45.0 Å². The highest BCUT2D eigenvalue weighted by Crippen LogP contribution is 2.34. The first kappa shape index (κ1) is 14.9. The van der Waals surface area contributed by atoms with Gasteiger partial charge in [0.2, 0.25) is 5.91 Å². The lowest BCUT2D eigenvalue weighted by Crippen LogP contribution is -2.45. The smallest absolute Gasteiger partial charge is 0.265 e. The van der Waals surface area contributed by atoms with Gasteiger partial charge in [-0.25, -0.2) is 0 Å². The molecule has 0 aliphatic carbocycles. The maximum absolute atomic E-state index is 11.9. The van der Waals surface area contributed by atoms with Crippen LogP contribution in [0.5, 0.6) is 5.75 Å². The number of rotatable bonds is 4. The number of benzene rings is 1. The summed E-state index contributed by atoms with van der Waals surface area (Å²) in [5.74, 6) is -0.0361. The number of amides is 2. The van der Waals surface area contributed by atoms with E-state index in [9.17, 15) is 9.59 Å². The number of nitrogens with zero attached hydrogens (tertiary/aromatic N) is 1. The molecule has 1 N–H and O–H groups in total. The number of nitrogens with one attached hydrogen (secondary N) is 1. The monoisotopic (exact) mass is 358 g/mol. The Kier molecular flexibility index (Phi) is 4.67. The number of carbonyl (C=O) groups is 2. The van der Waals surface area contributed by atoms with Crippen LogP contribution in [0.3, 0.4) is 0 Å². The first-order chi connectivity index (χ1) is 9.47. The molecule has 2 rings (SSSR count). The van der Waals surface area contributed by atoms with Crippen molar-refractivity contribution in [1.82, 2.24) is 5.32 Å². The summed E-state index contributed by atoms with van der Waals surface area (Å²) in [7, 11) is 0. The van der Waals surface area contributed by atoms with E-state index in [4.69, 9.17) is 16.3 Å². The maximum atomic E-state index is 11.9. The summed E-state index contributed by atoms with van der Waals surface area (Å²) in [5, 5.41) is 3.12. The Morgan fingerprint density at radius 1 is 1.55 bits per heavy atom. The summed E-state index contributed by atoms with van der Waals surface area (Å²) < 4.78 is 5.95. The highest BCUT2D eigenvalue weighted by atomic mass is 79.9. The third kappa shape index (κ3) is 3.52. The number of ether oxygens (including phenoxy) is 1. The number of anilines is 1. The average molecular weight is 360 g/mol. The lowest BCUT2D eigenvalue weighted by atomic mass is 10.2. The molecule has 0 aromatic heterocycles. The van der Waals surface area contributed by atoms with Crippen molar-refractivity contribution < 1.29 is 14.3 Å². The second kappa shape index (κ2) is 6.28. The van der Waals surface area contributed by atoms with E-state index in [1.165, 1.54) is 4.90 Å². The standard InChI is InChI=1S/C13H12BrClN2O3/c1-8(14)5-16-12(18)6-17-10-4-9(15)2-3-11(10)20-7-13(17)19/h2-4H,1,5-7H2,(H,16,18). The van der Waals surface area contributed by atoms with Crippen molar-refractivity contribution in [2.45, 2.75) is 0 Å². The van der Waals surface area contributed by atoms with Crippen LogP contribution in [0, 0.1) is 0 Å². The first-order valence-electron chi connectivity index (χ1n) is 5.80. The molecule has 5 nitrogen and oxygen atoms in total. The minimum Gasteiger partial charge on any atom is -0.482 e. The molecule has 0 spiro atoms. The van der Waals surface area contributed by atoms with Gasteiger partial charge in [-0.3, -0.25) is 14.5 Å². The number of hydrogen-bond donors (Lipinski definition) is 1. The molecule has 1 aromatic rings. The Labute approximate surface area is 129 Å². The Bertz CT molecular complexity index is 577. The van der Waals surface area contributed by atoms with E-state index in [-0.39, 0.29) is 25.0 Å². The normalized spacial score (nSPS) is 13.5. The van der Waals surface area contributed by atoms with Crippen LogP contribution in [-0.2, 0) is 9.59 Å². The van der Waals surface area contributed by atoms with Crippen LogP contribution < -0.4 is 15.0 Å². The van der Waals surface area contributed by atoms with Crippen molar-refractivity contribution in [3.63, 3.8) is 0 Å². The van der Waals surface area contributed by atoms with Crippen molar-refractivity contribution in [3.8, 4) is 5.75 Å². The van der Waals surface area contributed by atoms with E-state index >= 15 is 0 Å². The van der Waals surface area contributed by atoms with Crippen LogP contribution in [0.2, 0.25) is 5.02 Å². The first-order valence-corrected chi connectivity index (χ1v) is 6.97. The van der Waals surface area contributed by atoms with E-state index < -0.39 is 0 Å². The summed E-state index contributed by atoms with van der Waals surface area (Å²) >= 11 is 9.07. The van der Waals surface area contributed by atoms with Gasteiger partial charge < -0.3 is 10.1 Å². The van der Waals surface area contributed by atoms with Gasteiger partial charge in [-0.15, -0.1) is 0 Å². The lowest BCUT2D eigenvalue weighted by molar-refractivity contribution is -0.125. The van der Waals surface area contributed by atoms with E-state index in [2.05, 4.69) is 27.8 Å². The third-order valence-electron chi connectivity index (χ3n) is 2.64. The summed E-state index contributed by atoms with van der Waals surface area (Å²) in [6.45, 7) is 3.75. The number of fused-ring (bicyclic) bond motifs is 1. The Hall–Kier alpha value is -1.53. The van der Waals surface area contributed by atoms with Gasteiger partial charge in [0, 0.05) is 16.0 Å². The second-order valence-electron chi connectivity index (χ2n) is 4.17. The molecular formula is C13H12BrClN2O3. The zero-order valence-corrected chi connectivity index (χ0v) is 12.8. The minimum atomic E-state index is -0.285. The topological polar surface area (TPSA) is 58.6 Å². The molecule has 0 fully saturated rings. The number of carbonyl (C=O) groups excluding carboxylic acids is 2. The molecule has 2 amide bonds. The van der Waals surface area contributed by atoms with Crippen LogP contribution in [-0.4, -0.2) is 31.5 Å². The molecule has 1 heterocycles. The SMILES string of the molecule is C=C(Br)CNC(=O)CN1C(=O)COc2ccc(Cl)cc21. The molecule has 1 aliphatic heterocycles. The molecule has 0 atom stereocenters. The molecular weight excluding hydrogens is 348 g/mol. The van der Waals surface area contributed by atoms with Gasteiger partial charge in [0.1, 0.15) is 12.3 Å². The van der Waals surface area contributed by atoms with Gasteiger partial charge in [0.05, 0.1) is 5.69 Å². The number of hydrogen-bond acceptors (Lipinski definition) is 3. The minimum absolute atomic E-state index is 0.0875. The van der Waals surface area contributed by atoms with Gasteiger partial charge >= 0.3 is 0 Å². The number of halogens is 2. The molecule has 0 saturated heterocycles. The van der Waals surface area contributed by atoms with Crippen molar-refractivity contribution in [1.29, 1.82) is 0 Å². The fraction of sp³-hybridized carbons (Fsp3) is 0.231. The Morgan fingerprint density at radius 2 is 2.30 bits per heavy atom. The van der Waals surface area contributed by atoms with Crippen LogP contribution in [0.15, 0.2) is 29.3 Å². The summed E-state index contributed by atoms with van der Waals surface area (Å²) in [6, 6.07) is 4.95. The molecule has 7 heteroatoms. The quantitative estimate of drug-likeness (QED) is 0.895. The zero-order chi connectivity index (χ0) is 14.7. The van der Waals surface area contributed by atoms with Crippen LogP contribution in [0.4, 0.5) is 5.69 Å². The van der Waals surface area contributed by atoms with E-state index in [1.54, 1.807) is 18.2 Å². The van der Waals surface area contributed by atoms with Crippen LogP contribution in [0.1, 0.15) is 0 Å². The van der Waals surface area contributed by atoms with Gasteiger partial charge in [-0.2, -0.15) is 0 Å². The molecule has 0 bridgehead atoms. The van der Waals surface area contributed by atoms with Crippen LogP contribution >= 0.6 is 27.5 Å². The van der Waals surface area contributed by atoms with Gasteiger partial charge in [0.25, 0.3) is 5.91 Å². The molecule has 1 aliphatic rings. The molecule has 0 radical (unpaired) electrons. The van der Waals surface area contributed by atoms with Crippen molar-refractivity contribution in [3.05, 3.63) is 34.3 Å². The Morgan fingerprint density at radius 3 is 3.00 bits per heavy atom. The maximum Gasteiger partial charge on any atom is 0.265 e. The summed E-state index contributed by atoms with van der Waals surface area (Å²) in [5.41, 5.74) is 0.501. The molecule has 106 valence electrons. The molecule has 0 saturated carbocycles. The predicted octanol–water partition coefficient (Wildman–Crippen LogP) is 2.09. The predicted molar refractivity (Wildman–Crippen MR) is 80.4 cm³/mol. The van der Waals surface area contributed by atoms with E-state index in [0.717, 1.165) is 0 Å². The summed E-state index contributed by atoms with van der Waals surface area (Å²) in [4.78, 5) is 25.1. The van der Waals surface area contributed by atoms with E-state index in [1.807, 2.05) is 0 Å². The van der Waals surface area contributed by atoms with Gasteiger partial charge in [-0.1, -0.05) is 34.1 Å². The molecule has 1 aromatic carbocycles. The fourth-order valence-electron chi connectivity index (χ4n) is 1.74. The Balaban J connectivity index is 2.15. The lowest BCUT2D eigenvalue weighted by Gasteiger charge is -2.28. The average Bonchev–Trinajstić information content (AvgIpc) is 2.40. The molecule has 20 heavy (non-hydrogen) atoms.